The summed E-state index contributed by atoms with van der Waals surface area (Å²) in [7, 11) is 1.84. The van der Waals surface area contributed by atoms with Crippen LogP contribution in [0.3, 0.4) is 0 Å². The summed E-state index contributed by atoms with van der Waals surface area (Å²) in [5.41, 5.74) is 0.639. The van der Waals surface area contributed by atoms with Crippen molar-refractivity contribution in [2.24, 2.45) is 7.05 Å². The SMILES string of the molecule is Cn1cncc1C(=O)NC1CCCCC1. The Balaban J connectivity index is 1.94. The molecule has 82 valence electrons. The molecule has 1 aliphatic carbocycles. The summed E-state index contributed by atoms with van der Waals surface area (Å²) in [6, 6.07) is 0.362. The van der Waals surface area contributed by atoms with Crippen LogP contribution in [-0.4, -0.2) is 21.5 Å². The second kappa shape index (κ2) is 4.47. The Hall–Kier alpha value is -1.32. The molecule has 1 saturated carbocycles. The van der Waals surface area contributed by atoms with E-state index in [-0.39, 0.29) is 5.91 Å². The number of carbonyl (C=O) groups excluding carboxylic acids is 1. The normalized spacial score (nSPS) is 17.7. The lowest BCUT2D eigenvalue weighted by atomic mass is 9.95. The van der Waals surface area contributed by atoms with Crippen molar-refractivity contribution in [1.82, 2.24) is 14.9 Å². The average Bonchev–Trinajstić information content (AvgIpc) is 2.66. The van der Waals surface area contributed by atoms with E-state index in [4.69, 9.17) is 0 Å². The van der Waals surface area contributed by atoms with Crippen LogP contribution in [0.25, 0.3) is 0 Å². The zero-order valence-corrected chi connectivity index (χ0v) is 9.07. The van der Waals surface area contributed by atoms with Gasteiger partial charge in [-0.1, -0.05) is 19.3 Å². The van der Waals surface area contributed by atoms with Crippen molar-refractivity contribution in [2.45, 2.75) is 38.1 Å². The third-order valence-corrected chi connectivity index (χ3v) is 2.99. The lowest BCUT2D eigenvalue weighted by Crippen LogP contribution is -2.36. The molecule has 1 aromatic rings. The third kappa shape index (κ3) is 2.37. The van der Waals surface area contributed by atoms with E-state index in [1.54, 1.807) is 17.1 Å². The molecule has 4 nitrogen and oxygen atoms in total. The van der Waals surface area contributed by atoms with Crippen LogP contribution < -0.4 is 5.32 Å². The molecule has 0 unspecified atom stereocenters. The fraction of sp³-hybridized carbons (Fsp3) is 0.636. The first-order valence-corrected chi connectivity index (χ1v) is 5.54. The van der Waals surface area contributed by atoms with E-state index in [2.05, 4.69) is 10.3 Å². The lowest BCUT2D eigenvalue weighted by Gasteiger charge is -2.22. The molecule has 0 aliphatic heterocycles. The van der Waals surface area contributed by atoms with Crippen LogP contribution in [0.1, 0.15) is 42.6 Å². The molecule has 1 amide bonds. The van der Waals surface area contributed by atoms with Gasteiger partial charge in [0.1, 0.15) is 5.69 Å². The van der Waals surface area contributed by atoms with Gasteiger partial charge in [0.25, 0.3) is 5.91 Å². The van der Waals surface area contributed by atoms with E-state index >= 15 is 0 Å². The number of aromatic nitrogens is 2. The zero-order chi connectivity index (χ0) is 10.7. The molecule has 0 radical (unpaired) electrons. The largest absolute Gasteiger partial charge is 0.348 e. The van der Waals surface area contributed by atoms with Crippen LogP contribution in [0, 0.1) is 0 Å². The Morgan fingerprint density at radius 1 is 1.47 bits per heavy atom. The Bertz CT molecular complexity index is 339. The molecule has 0 spiro atoms. The van der Waals surface area contributed by atoms with Crippen molar-refractivity contribution < 1.29 is 4.79 Å². The third-order valence-electron chi connectivity index (χ3n) is 2.99. The minimum atomic E-state index is 0.00176. The standard InChI is InChI=1S/C11H17N3O/c1-14-8-12-7-10(14)11(15)13-9-5-3-2-4-6-9/h7-9H,2-6H2,1H3,(H,13,15). The topological polar surface area (TPSA) is 46.9 Å². The number of amides is 1. The predicted octanol–water partition coefficient (Wildman–Crippen LogP) is 1.48. The second-order valence-corrected chi connectivity index (χ2v) is 4.20. The quantitative estimate of drug-likeness (QED) is 0.798. The zero-order valence-electron chi connectivity index (χ0n) is 9.07. The van der Waals surface area contributed by atoms with Gasteiger partial charge in [0, 0.05) is 13.1 Å². The summed E-state index contributed by atoms with van der Waals surface area (Å²) >= 11 is 0. The number of nitrogens with zero attached hydrogens (tertiary/aromatic N) is 2. The highest BCUT2D eigenvalue weighted by Gasteiger charge is 2.17. The molecule has 1 aromatic heterocycles. The van der Waals surface area contributed by atoms with Gasteiger partial charge in [-0.2, -0.15) is 0 Å². The van der Waals surface area contributed by atoms with Crippen molar-refractivity contribution in [1.29, 1.82) is 0 Å². The van der Waals surface area contributed by atoms with Crippen LogP contribution >= 0.6 is 0 Å². The summed E-state index contributed by atoms with van der Waals surface area (Å²) in [6.45, 7) is 0. The second-order valence-electron chi connectivity index (χ2n) is 4.20. The van der Waals surface area contributed by atoms with Crippen LogP contribution in [0.5, 0.6) is 0 Å². The summed E-state index contributed by atoms with van der Waals surface area (Å²) in [6.07, 6.45) is 9.26. The molecule has 1 fully saturated rings. The molecule has 4 heteroatoms. The van der Waals surface area contributed by atoms with Gasteiger partial charge in [0.2, 0.25) is 0 Å². The summed E-state index contributed by atoms with van der Waals surface area (Å²) < 4.78 is 1.75. The molecular weight excluding hydrogens is 190 g/mol. The van der Waals surface area contributed by atoms with Gasteiger partial charge < -0.3 is 9.88 Å². The van der Waals surface area contributed by atoms with Gasteiger partial charge in [0.05, 0.1) is 12.5 Å². The maximum atomic E-state index is 11.8. The van der Waals surface area contributed by atoms with E-state index in [1.165, 1.54) is 19.3 Å². The van der Waals surface area contributed by atoms with E-state index in [9.17, 15) is 4.79 Å². The molecular formula is C11H17N3O. The van der Waals surface area contributed by atoms with Crippen LogP contribution in [0.4, 0.5) is 0 Å². The molecule has 1 heterocycles. The highest BCUT2D eigenvalue weighted by atomic mass is 16.2. The molecule has 15 heavy (non-hydrogen) atoms. The Kier molecular flexibility index (Phi) is 3.04. The molecule has 1 N–H and O–H groups in total. The van der Waals surface area contributed by atoms with Crippen LogP contribution in [0.15, 0.2) is 12.5 Å². The summed E-state index contributed by atoms with van der Waals surface area (Å²) in [5, 5.41) is 3.06. The monoisotopic (exact) mass is 207 g/mol. The lowest BCUT2D eigenvalue weighted by molar-refractivity contribution is 0.0919. The summed E-state index contributed by atoms with van der Waals surface area (Å²) in [4.78, 5) is 15.8. The van der Waals surface area contributed by atoms with Gasteiger partial charge in [-0.25, -0.2) is 4.98 Å². The maximum Gasteiger partial charge on any atom is 0.269 e. The number of aryl methyl sites for hydroxylation is 1. The highest BCUT2D eigenvalue weighted by molar-refractivity contribution is 5.92. The van der Waals surface area contributed by atoms with Crippen molar-refractivity contribution >= 4 is 5.91 Å². The molecule has 0 bridgehead atoms. The van der Waals surface area contributed by atoms with Gasteiger partial charge in [-0.05, 0) is 12.8 Å². The van der Waals surface area contributed by atoms with E-state index in [0.717, 1.165) is 12.8 Å². The Morgan fingerprint density at radius 3 is 2.80 bits per heavy atom. The molecule has 1 aliphatic rings. The van der Waals surface area contributed by atoms with Gasteiger partial charge in [-0.15, -0.1) is 0 Å². The first-order chi connectivity index (χ1) is 7.27. The first-order valence-electron chi connectivity index (χ1n) is 5.54. The van der Waals surface area contributed by atoms with Crippen molar-refractivity contribution in [3.8, 4) is 0 Å². The Labute approximate surface area is 89.7 Å². The first kappa shape index (κ1) is 10.2. The molecule has 0 atom stereocenters. The predicted molar refractivity (Wildman–Crippen MR) is 57.5 cm³/mol. The molecule has 2 rings (SSSR count). The van der Waals surface area contributed by atoms with Crippen molar-refractivity contribution in [2.75, 3.05) is 0 Å². The smallest absolute Gasteiger partial charge is 0.269 e. The fourth-order valence-corrected chi connectivity index (χ4v) is 2.08. The van der Waals surface area contributed by atoms with Gasteiger partial charge >= 0.3 is 0 Å². The average molecular weight is 207 g/mol. The minimum absolute atomic E-state index is 0.00176. The van der Waals surface area contributed by atoms with Gasteiger partial charge in [0.15, 0.2) is 0 Å². The molecule has 0 aromatic carbocycles. The van der Waals surface area contributed by atoms with Gasteiger partial charge in [-0.3, -0.25) is 4.79 Å². The summed E-state index contributed by atoms with van der Waals surface area (Å²) in [5.74, 6) is 0.00176. The molecule has 0 saturated heterocycles. The number of rotatable bonds is 2. The number of nitrogens with one attached hydrogen (secondary N) is 1. The van der Waals surface area contributed by atoms with Crippen LogP contribution in [-0.2, 0) is 7.05 Å². The van der Waals surface area contributed by atoms with E-state index in [0.29, 0.717) is 11.7 Å². The Morgan fingerprint density at radius 2 is 2.20 bits per heavy atom. The number of imidazole rings is 1. The fourth-order valence-electron chi connectivity index (χ4n) is 2.08. The minimum Gasteiger partial charge on any atom is -0.348 e. The maximum absolute atomic E-state index is 11.8. The van der Waals surface area contributed by atoms with E-state index in [1.807, 2.05) is 7.05 Å². The number of hydrogen-bond acceptors (Lipinski definition) is 2. The number of hydrogen-bond donors (Lipinski definition) is 1. The van der Waals surface area contributed by atoms with Crippen LogP contribution in [0.2, 0.25) is 0 Å². The highest BCUT2D eigenvalue weighted by Crippen LogP contribution is 2.17. The van der Waals surface area contributed by atoms with Crippen molar-refractivity contribution in [3.05, 3.63) is 18.2 Å². The van der Waals surface area contributed by atoms with Crippen molar-refractivity contribution in [3.63, 3.8) is 0 Å². The number of carbonyl (C=O) groups is 1. The van der Waals surface area contributed by atoms with E-state index < -0.39 is 0 Å².